The second-order valence-corrected chi connectivity index (χ2v) is 5.34. The Labute approximate surface area is 137 Å². The van der Waals surface area contributed by atoms with E-state index in [0.717, 1.165) is 0 Å². The fourth-order valence-corrected chi connectivity index (χ4v) is 2.68. The molecule has 3 rings (SSSR count). The Balaban J connectivity index is 2.47. The molecule has 0 unspecified atom stereocenters. The number of rotatable bonds is 3. The third-order valence-electron chi connectivity index (χ3n) is 3.71. The Morgan fingerprint density at radius 2 is 1.54 bits per heavy atom. The Bertz CT molecular complexity index is 1020. The minimum absolute atomic E-state index is 0.114. The topological polar surface area (TPSA) is 75.0 Å². The third-order valence-corrected chi connectivity index (χ3v) is 3.71. The molecule has 2 aromatic carbocycles. The first-order valence-corrected chi connectivity index (χ1v) is 7.26. The molecule has 0 saturated carbocycles. The predicted octanol–water partition coefficient (Wildman–Crippen LogP) is 3.20. The molecule has 0 fully saturated rings. The van der Waals surface area contributed by atoms with Crippen LogP contribution in [0.5, 0.6) is 17.2 Å². The monoisotopic (exact) mass is 328 g/mol. The summed E-state index contributed by atoms with van der Waals surface area (Å²) in [5.41, 5.74) is 1.11. The zero-order chi connectivity index (χ0) is 17.4. The van der Waals surface area contributed by atoms with E-state index in [4.69, 9.17) is 18.6 Å². The smallest absolute Gasteiger partial charge is 0.308 e. The van der Waals surface area contributed by atoms with Gasteiger partial charge in [0, 0.05) is 25.1 Å². The van der Waals surface area contributed by atoms with Crippen LogP contribution in [0.2, 0.25) is 0 Å². The normalized spacial score (nSPS) is 10.8. The van der Waals surface area contributed by atoms with Crippen LogP contribution in [-0.2, 0) is 4.79 Å². The molecule has 1 aromatic heterocycles. The lowest BCUT2D eigenvalue weighted by Gasteiger charge is -2.11. The summed E-state index contributed by atoms with van der Waals surface area (Å²) in [5.74, 6) is 0.588. The molecule has 124 valence electrons. The standard InChI is InChI=1S/C18H16O6/c1-9-5-11(21-3)6-13-16(9)18(20)17-14(23-10(2)19)7-12(22-4)8-15(17)24-13/h5-8H,1-4H3. The van der Waals surface area contributed by atoms with Gasteiger partial charge in [-0.2, -0.15) is 0 Å². The van der Waals surface area contributed by atoms with Crippen molar-refractivity contribution in [1.82, 2.24) is 0 Å². The maximum atomic E-state index is 13.0. The van der Waals surface area contributed by atoms with Gasteiger partial charge >= 0.3 is 5.97 Å². The molecule has 0 saturated heterocycles. The zero-order valence-electron chi connectivity index (χ0n) is 13.8. The van der Waals surface area contributed by atoms with Crippen molar-refractivity contribution in [3.63, 3.8) is 0 Å². The number of benzene rings is 2. The van der Waals surface area contributed by atoms with Gasteiger partial charge in [-0.05, 0) is 18.6 Å². The molecule has 24 heavy (non-hydrogen) atoms. The Kier molecular flexibility index (Phi) is 3.89. The lowest BCUT2D eigenvalue weighted by Crippen LogP contribution is -2.09. The van der Waals surface area contributed by atoms with Crippen LogP contribution in [0.3, 0.4) is 0 Å². The van der Waals surface area contributed by atoms with Crippen molar-refractivity contribution < 1.29 is 23.4 Å². The summed E-state index contributed by atoms with van der Waals surface area (Å²) in [6.45, 7) is 3.06. The second-order valence-electron chi connectivity index (χ2n) is 5.34. The number of hydrogen-bond acceptors (Lipinski definition) is 6. The summed E-state index contributed by atoms with van der Waals surface area (Å²) < 4.78 is 21.5. The number of carbonyl (C=O) groups excluding carboxylic acids is 1. The molecule has 6 nitrogen and oxygen atoms in total. The minimum Gasteiger partial charge on any atom is -0.497 e. The van der Waals surface area contributed by atoms with Gasteiger partial charge in [-0.1, -0.05) is 0 Å². The van der Waals surface area contributed by atoms with Crippen LogP contribution in [0.4, 0.5) is 0 Å². The van der Waals surface area contributed by atoms with Gasteiger partial charge in [-0.3, -0.25) is 9.59 Å². The fraction of sp³-hybridized carbons (Fsp3) is 0.222. The molecule has 3 aromatic rings. The van der Waals surface area contributed by atoms with Crippen molar-refractivity contribution in [1.29, 1.82) is 0 Å². The quantitative estimate of drug-likeness (QED) is 0.417. The highest BCUT2D eigenvalue weighted by atomic mass is 16.5. The van der Waals surface area contributed by atoms with Crippen LogP contribution in [0.15, 0.2) is 33.5 Å². The second kappa shape index (κ2) is 5.88. The maximum absolute atomic E-state index is 13.0. The van der Waals surface area contributed by atoms with E-state index in [-0.39, 0.29) is 22.1 Å². The van der Waals surface area contributed by atoms with E-state index in [1.165, 1.54) is 20.1 Å². The van der Waals surface area contributed by atoms with Crippen LogP contribution in [-0.4, -0.2) is 20.2 Å². The Morgan fingerprint density at radius 3 is 2.12 bits per heavy atom. The van der Waals surface area contributed by atoms with Gasteiger partial charge in [0.25, 0.3) is 0 Å². The number of hydrogen-bond donors (Lipinski definition) is 0. The molecule has 1 heterocycles. The zero-order valence-corrected chi connectivity index (χ0v) is 13.8. The lowest BCUT2D eigenvalue weighted by molar-refractivity contribution is -0.131. The highest BCUT2D eigenvalue weighted by Gasteiger charge is 2.18. The first-order chi connectivity index (χ1) is 11.4. The lowest BCUT2D eigenvalue weighted by atomic mass is 10.1. The van der Waals surface area contributed by atoms with E-state index in [9.17, 15) is 9.59 Å². The summed E-state index contributed by atoms with van der Waals surface area (Å²) in [6.07, 6.45) is 0. The van der Waals surface area contributed by atoms with Gasteiger partial charge < -0.3 is 18.6 Å². The molecule has 0 N–H and O–H groups in total. The van der Waals surface area contributed by atoms with E-state index in [1.54, 1.807) is 32.2 Å². The first-order valence-electron chi connectivity index (χ1n) is 7.26. The molecule has 0 bridgehead atoms. The van der Waals surface area contributed by atoms with E-state index in [1.807, 2.05) is 0 Å². The largest absolute Gasteiger partial charge is 0.497 e. The minimum atomic E-state index is -0.532. The number of aryl methyl sites for hydroxylation is 1. The van der Waals surface area contributed by atoms with Crippen LogP contribution < -0.4 is 19.6 Å². The molecule has 0 atom stereocenters. The maximum Gasteiger partial charge on any atom is 0.308 e. The summed E-state index contributed by atoms with van der Waals surface area (Å²) in [7, 11) is 3.02. The average Bonchev–Trinajstić information content (AvgIpc) is 2.52. The molecular weight excluding hydrogens is 312 g/mol. The van der Waals surface area contributed by atoms with Crippen LogP contribution in [0, 0.1) is 6.92 Å². The number of carbonyl (C=O) groups is 1. The van der Waals surface area contributed by atoms with Gasteiger partial charge in [-0.15, -0.1) is 0 Å². The van der Waals surface area contributed by atoms with Crippen molar-refractivity contribution in [2.75, 3.05) is 14.2 Å². The molecule has 0 aliphatic heterocycles. The highest BCUT2D eigenvalue weighted by molar-refractivity contribution is 5.96. The van der Waals surface area contributed by atoms with Gasteiger partial charge in [0.05, 0.1) is 19.6 Å². The summed E-state index contributed by atoms with van der Waals surface area (Å²) in [6, 6.07) is 6.47. The molecule has 0 aliphatic carbocycles. The van der Waals surface area contributed by atoms with Gasteiger partial charge in [0.1, 0.15) is 33.8 Å². The average molecular weight is 328 g/mol. The van der Waals surface area contributed by atoms with E-state index < -0.39 is 5.97 Å². The van der Waals surface area contributed by atoms with Crippen molar-refractivity contribution in [3.8, 4) is 17.2 Å². The van der Waals surface area contributed by atoms with Crippen molar-refractivity contribution >= 4 is 27.9 Å². The molecule has 0 amide bonds. The molecule has 6 heteroatoms. The van der Waals surface area contributed by atoms with Crippen LogP contribution in [0.1, 0.15) is 12.5 Å². The Hall–Kier alpha value is -3.02. The van der Waals surface area contributed by atoms with E-state index >= 15 is 0 Å². The first kappa shape index (κ1) is 15.9. The predicted molar refractivity (Wildman–Crippen MR) is 89.1 cm³/mol. The third kappa shape index (κ3) is 2.56. The number of fused-ring (bicyclic) bond motifs is 2. The van der Waals surface area contributed by atoms with Crippen molar-refractivity contribution in [3.05, 3.63) is 40.1 Å². The van der Waals surface area contributed by atoms with Gasteiger partial charge in [0.15, 0.2) is 0 Å². The van der Waals surface area contributed by atoms with Crippen LogP contribution in [0.25, 0.3) is 21.9 Å². The summed E-state index contributed by atoms with van der Waals surface area (Å²) in [5, 5.41) is 0.619. The number of esters is 1. The SMILES string of the molecule is COc1cc(C)c2c(=O)c3c(OC(C)=O)cc(OC)cc3oc2c1. The molecule has 0 aliphatic rings. The van der Waals surface area contributed by atoms with Gasteiger partial charge in [0.2, 0.25) is 5.43 Å². The van der Waals surface area contributed by atoms with E-state index in [0.29, 0.717) is 28.0 Å². The van der Waals surface area contributed by atoms with Gasteiger partial charge in [-0.25, -0.2) is 0 Å². The Morgan fingerprint density at radius 1 is 0.958 bits per heavy atom. The molecular formula is C18H16O6. The summed E-state index contributed by atoms with van der Waals surface area (Å²) in [4.78, 5) is 24.3. The van der Waals surface area contributed by atoms with Crippen molar-refractivity contribution in [2.24, 2.45) is 0 Å². The summed E-state index contributed by atoms with van der Waals surface area (Å²) >= 11 is 0. The number of ether oxygens (including phenoxy) is 3. The highest BCUT2D eigenvalue weighted by Crippen LogP contribution is 2.33. The fourth-order valence-electron chi connectivity index (χ4n) is 2.68. The van der Waals surface area contributed by atoms with Crippen LogP contribution >= 0.6 is 0 Å². The molecule has 0 radical (unpaired) electrons. The number of methoxy groups -OCH3 is 2. The van der Waals surface area contributed by atoms with E-state index in [2.05, 4.69) is 0 Å². The molecule has 0 spiro atoms. The van der Waals surface area contributed by atoms with Crippen molar-refractivity contribution in [2.45, 2.75) is 13.8 Å².